The van der Waals surface area contributed by atoms with Gasteiger partial charge in [-0.1, -0.05) is 24.3 Å². The Labute approximate surface area is 145 Å². The third kappa shape index (κ3) is 3.95. The molecule has 1 aliphatic rings. The summed E-state index contributed by atoms with van der Waals surface area (Å²) in [5.41, 5.74) is 1.39. The molecule has 2 aromatic carbocycles. The van der Waals surface area contributed by atoms with Crippen LogP contribution in [0.2, 0.25) is 0 Å². The lowest BCUT2D eigenvalue weighted by molar-refractivity contribution is -0.110. The summed E-state index contributed by atoms with van der Waals surface area (Å²) in [4.78, 5) is 23.4. The molecule has 3 rings (SSSR count). The van der Waals surface area contributed by atoms with Gasteiger partial charge in [0.05, 0.1) is 12.7 Å². The van der Waals surface area contributed by atoms with Gasteiger partial charge in [0.2, 0.25) is 13.1 Å². The first-order valence-electron chi connectivity index (χ1n) is 7.55. The Morgan fingerprint density at radius 3 is 2.76 bits per heavy atom. The number of ketones is 1. The largest absolute Gasteiger partial charge is 0.497 e. The van der Waals surface area contributed by atoms with E-state index in [9.17, 15) is 9.59 Å². The third-order valence-corrected chi connectivity index (χ3v) is 3.60. The average Bonchev–Trinajstić information content (AvgIpc) is 3.12. The second kappa shape index (κ2) is 7.49. The molecular weight excluding hydrogens is 320 g/mol. The summed E-state index contributed by atoms with van der Waals surface area (Å²) in [6.45, 7) is 0.189. The van der Waals surface area contributed by atoms with E-state index in [0.29, 0.717) is 22.8 Å². The minimum absolute atomic E-state index is 0.0646. The highest BCUT2D eigenvalue weighted by atomic mass is 16.7. The van der Waals surface area contributed by atoms with Crippen molar-refractivity contribution in [2.75, 3.05) is 13.9 Å². The van der Waals surface area contributed by atoms with Crippen molar-refractivity contribution in [1.29, 1.82) is 0 Å². The summed E-state index contributed by atoms with van der Waals surface area (Å²) in [7, 11) is 1.55. The van der Waals surface area contributed by atoms with Crippen molar-refractivity contribution in [2.45, 2.75) is 0 Å². The van der Waals surface area contributed by atoms with Crippen molar-refractivity contribution in [3.05, 3.63) is 65.2 Å². The Morgan fingerprint density at radius 1 is 1.12 bits per heavy atom. The Hall–Kier alpha value is -3.34. The van der Waals surface area contributed by atoms with Crippen molar-refractivity contribution < 1.29 is 23.8 Å². The highest BCUT2D eigenvalue weighted by Crippen LogP contribution is 2.32. The van der Waals surface area contributed by atoms with Crippen LogP contribution in [-0.2, 0) is 9.59 Å². The molecule has 5 nitrogen and oxygen atoms in total. The minimum atomic E-state index is -0.435. The van der Waals surface area contributed by atoms with Gasteiger partial charge in [-0.15, -0.1) is 0 Å². The predicted octanol–water partition coefficient (Wildman–Crippen LogP) is 3.20. The lowest BCUT2D eigenvalue weighted by Crippen LogP contribution is -1.99. The molecule has 1 radical (unpaired) electrons. The van der Waals surface area contributed by atoms with Gasteiger partial charge in [-0.3, -0.25) is 9.59 Å². The van der Waals surface area contributed by atoms with Crippen LogP contribution in [0.4, 0.5) is 0 Å². The molecule has 0 unspecified atom stereocenters. The standard InChI is InChI=1S/C20H15O5/c1-23-17-4-2-3-15(10-17)9-16(12-21)18(22)7-5-14-6-8-19-20(11-14)25-13-24-19/h2-11H,13H2,1H3. The Bertz CT molecular complexity index is 864. The first-order valence-corrected chi connectivity index (χ1v) is 7.55. The van der Waals surface area contributed by atoms with Crippen molar-refractivity contribution >= 4 is 24.2 Å². The van der Waals surface area contributed by atoms with E-state index in [4.69, 9.17) is 14.2 Å². The van der Waals surface area contributed by atoms with Crippen LogP contribution in [-0.4, -0.2) is 26.0 Å². The molecule has 0 fully saturated rings. The molecular formula is C20H15O5. The number of hydrogen-bond donors (Lipinski definition) is 0. The fourth-order valence-corrected chi connectivity index (χ4v) is 2.33. The zero-order valence-electron chi connectivity index (χ0n) is 13.5. The maximum absolute atomic E-state index is 12.2. The fraction of sp³-hybridized carbons (Fsp3) is 0.100. The molecule has 0 N–H and O–H groups in total. The van der Waals surface area contributed by atoms with Gasteiger partial charge < -0.3 is 14.2 Å². The number of benzene rings is 2. The molecule has 1 heterocycles. The number of carbonyl (C=O) groups excluding carboxylic acids is 2. The minimum Gasteiger partial charge on any atom is -0.497 e. The first-order chi connectivity index (χ1) is 12.2. The van der Waals surface area contributed by atoms with E-state index in [0.717, 1.165) is 5.56 Å². The zero-order valence-corrected chi connectivity index (χ0v) is 13.5. The predicted molar refractivity (Wildman–Crippen MR) is 93.3 cm³/mol. The fourth-order valence-electron chi connectivity index (χ4n) is 2.33. The van der Waals surface area contributed by atoms with E-state index in [2.05, 4.69) is 0 Å². The number of rotatable bonds is 6. The maximum atomic E-state index is 12.2. The van der Waals surface area contributed by atoms with Gasteiger partial charge >= 0.3 is 0 Å². The Kier molecular flexibility index (Phi) is 4.95. The van der Waals surface area contributed by atoms with Crippen LogP contribution in [0.3, 0.4) is 0 Å². The van der Waals surface area contributed by atoms with Crippen LogP contribution >= 0.6 is 0 Å². The molecule has 25 heavy (non-hydrogen) atoms. The topological polar surface area (TPSA) is 61.8 Å². The monoisotopic (exact) mass is 335 g/mol. The molecule has 0 saturated heterocycles. The lowest BCUT2D eigenvalue weighted by atomic mass is 10.1. The van der Waals surface area contributed by atoms with Crippen LogP contribution in [0, 0.1) is 0 Å². The Balaban J connectivity index is 1.78. The van der Waals surface area contributed by atoms with E-state index in [1.54, 1.807) is 61.9 Å². The molecule has 0 saturated carbocycles. The summed E-state index contributed by atoms with van der Waals surface area (Å²) in [5, 5.41) is 0. The highest BCUT2D eigenvalue weighted by Gasteiger charge is 2.12. The van der Waals surface area contributed by atoms with Crippen LogP contribution < -0.4 is 14.2 Å². The summed E-state index contributed by atoms with van der Waals surface area (Å²) < 4.78 is 15.6. The van der Waals surface area contributed by atoms with Gasteiger partial charge in [0.15, 0.2) is 17.3 Å². The lowest BCUT2D eigenvalue weighted by Gasteiger charge is -2.01. The number of methoxy groups -OCH3 is 1. The van der Waals surface area contributed by atoms with Crippen molar-refractivity contribution in [1.82, 2.24) is 0 Å². The zero-order chi connectivity index (χ0) is 17.6. The van der Waals surface area contributed by atoms with Crippen molar-refractivity contribution in [3.63, 3.8) is 0 Å². The molecule has 5 heteroatoms. The van der Waals surface area contributed by atoms with Gasteiger partial charge in [0.1, 0.15) is 5.75 Å². The van der Waals surface area contributed by atoms with Crippen molar-refractivity contribution in [3.8, 4) is 17.2 Å². The SMILES string of the molecule is COc1cccc(C=C([C]=O)C(=O)C=Cc2ccc3c(c2)OCO3)c1. The Morgan fingerprint density at radius 2 is 1.96 bits per heavy atom. The summed E-state index contributed by atoms with van der Waals surface area (Å²) in [6, 6.07) is 12.4. The summed E-state index contributed by atoms with van der Waals surface area (Å²) >= 11 is 0. The van der Waals surface area contributed by atoms with Crippen molar-refractivity contribution in [2.24, 2.45) is 0 Å². The van der Waals surface area contributed by atoms with Gasteiger partial charge in [-0.2, -0.15) is 0 Å². The molecule has 0 aliphatic carbocycles. The number of carbonyl (C=O) groups is 1. The molecule has 0 aromatic heterocycles. The van der Waals surface area contributed by atoms with Gasteiger partial charge in [-0.05, 0) is 47.5 Å². The smallest absolute Gasteiger partial charge is 0.237 e. The number of allylic oxidation sites excluding steroid dienone is 2. The van der Waals surface area contributed by atoms with Crippen LogP contribution in [0.25, 0.3) is 12.2 Å². The highest BCUT2D eigenvalue weighted by molar-refractivity contribution is 6.21. The van der Waals surface area contributed by atoms with Gasteiger partial charge in [0.25, 0.3) is 0 Å². The first kappa shape index (κ1) is 16.5. The maximum Gasteiger partial charge on any atom is 0.237 e. The molecule has 0 bridgehead atoms. The number of hydrogen-bond acceptors (Lipinski definition) is 5. The summed E-state index contributed by atoms with van der Waals surface area (Å²) in [5.74, 6) is 1.50. The average molecular weight is 335 g/mol. The summed E-state index contributed by atoms with van der Waals surface area (Å²) in [6.07, 6.45) is 6.10. The van der Waals surface area contributed by atoms with Gasteiger partial charge in [0, 0.05) is 0 Å². The van der Waals surface area contributed by atoms with Crippen LogP contribution in [0.15, 0.2) is 54.1 Å². The molecule has 0 amide bonds. The van der Waals surface area contributed by atoms with E-state index in [1.165, 1.54) is 12.2 Å². The molecule has 2 aromatic rings. The number of ether oxygens (including phenoxy) is 3. The van der Waals surface area contributed by atoms with E-state index in [1.807, 2.05) is 0 Å². The van der Waals surface area contributed by atoms with E-state index in [-0.39, 0.29) is 12.4 Å². The van der Waals surface area contributed by atoms with Crippen LogP contribution in [0.5, 0.6) is 17.2 Å². The number of fused-ring (bicyclic) bond motifs is 1. The second-order valence-corrected chi connectivity index (χ2v) is 5.25. The quantitative estimate of drug-likeness (QED) is 0.461. The normalized spacial score (nSPS) is 13.1. The molecule has 0 spiro atoms. The third-order valence-electron chi connectivity index (χ3n) is 3.60. The van der Waals surface area contributed by atoms with E-state index < -0.39 is 5.78 Å². The van der Waals surface area contributed by atoms with Gasteiger partial charge in [-0.25, -0.2) is 0 Å². The molecule has 1 aliphatic heterocycles. The second-order valence-electron chi connectivity index (χ2n) is 5.25. The molecule has 0 atom stereocenters. The molecule has 125 valence electrons. The van der Waals surface area contributed by atoms with Crippen LogP contribution in [0.1, 0.15) is 11.1 Å². The van der Waals surface area contributed by atoms with E-state index >= 15 is 0 Å².